The third kappa shape index (κ3) is 3.55. The fourth-order valence-corrected chi connectivity index (χ4v) is 5.06. The number of hydrogen-bond donors (Lipinski definition) is 1. The normalized spacial score (nSPS) is 18.9. The number of carbonyl (C=O) groups is 1. The minimum Gasteiger partial charge on any atom is -0.369 e. The Morgan fingerprint density at radius 3 is 2.26 bits per heavy atom. The molecule has 0 saturated heterocycles. The first-order valence-corrected chi connectivity index (χ1v) is 13.6. The summed E-state index contributed by atoms with van der Waals surface area (Å²) in [6, 6.07) is 16.9. The van der Waals surface area contributed by atoms with Gasteiger partial charge in [0.2, 0.25) is 0 Å². The van der Waals surface area contributed by atoms with Crippen molar-refractivity contribution in [3.8, 4) is 11.1 Å². The van der Waals surface area contributed by atoms with Crippen molar-refractivity contribution in [1.82, 2.24) is 9.88 Å². The summed E-state index contributed by atoms with van der Waals surface area (Å²) >= 11 is 0. The summed E-state index contributed by atoms with van der Waals surface area (Å²) in [6.45, 7) is 6.83. The van der Waals surface area contributed by atoms with E-state index < -0.39 is 19.4 Å². The van der Waals surface area contributed by atoms with Gasteiger partial charge in [-0.25, -0.2) is 9.38 Å². The van der Waals surface area contributed by atoms with Gasteiger partial charge in [-0.1, -0.05) is 67.3 Å². The van der Waals surface area contributed by atoms with Gasteiger partial charge < -0.3 is 5.73 Å². The molecule has 1 aliphatic rings. The molecule has 1 unspecified atom stereocenters. The molecular formula is C24H25FN4OSi. The van der Waals surface area contributed by atoms with Crippen LogP contribution >= 0.6 is 0 Å². The van der Waals surface area contributed by atoms with E-state index in [0.29, 0.717) is 11.1 Å². The average molecular weight is 433 g/mol. The van der Waals surface area contributed by atoms with Crippen molar-refractivity contribution in [3.05, 3.63) is 83.9 Å². The van der Waals surface area contributed by atoms with Gasteiger partial charge >= 0.3 is 0 Å². The minimum absolute atomic E-state index is 0.164. The Bertz CT molecular complexity index is 1190. The molecule has 2 aromatic carbocycles. The Kier molecular flexibility index (Phi) is 5.01. The third-order valence-corrected chi connectivity index (χ3v) is 7.79. The van der Waals surface area contributed by atoms with Crippen molar-refractivity contribution in [2.45, 2.75) is 25.2 Å². The molecule has 0 spiro atoms. The molecule has 31 heavy (non-hydrogen) atoms. The van der Waals surface area contributed by atoms with Gasteiger partial charge in [0.05, 0.1) is 14.3 Å². The van der Waals surface area contributed by atoms with Gasteiger partial charge in [0.15, 0.2) is 11.5 Å². The van der Waals surface area contributed by atoms with E-state index in [-0.39, 0.29) is 11.9 Å². The van der Waals surface area contributed by atoms with Gasteiger partial charge in [0.1, 0.15) is 5.82 Å². The highest BCUT2D eigenvalue weighted by atomic mass is 28.3. The maximum Gasteiger partial charge on any atom is 0.266 e. The number of benzene rings is 2. The van der Waals surface area contributed by atoms with Crippen LogP contribution in [0.5, 0.6) is 0 Å². The predicted octanol–water partition coefficient (Wildman–Crippen LogP) is 3.46. The molecule has 4 rings (SSSR count). The van der Waals surface area contributed by atoms with Crippen LogP contribution in [0.4, 0.5) is 4.39 Å². The first-order chi connectivity index (χ1) is 14.6. The molecule has 0 bridgehead atoms. The lowest BCUT2D eigenvalue weighted by molar-refractivity contribution is -0.129. The lowest BCUT2D eigenvalue weighted by Crippen LogP contribution is -2.42. The van der Waals surface area contributed by atoms with E-state index in [1.54, 1.807) is 13.2 Å². The summed E-state index contributed by atoms with van der Waals surface area (Å²) < 4.78 is 13.7. The van der Waals surface area contributed by atoms with Crippen LogP contribution in [0.3, 0.4) is 0 Å². The standard InChI is InChI=1S/C24H25FN4OSi/c1-29-22(30)24(28-23(29)26,18-8-10-21(11-9-18)31(2,3)4)19-7-5-6-16(12-19)17-13-20(25)15-27-14-17/h5-15H,1-4H3,(H2,26,28). The molecule has 158 valence electrons. The minimum atomic E-state index is -1.50. The second-order valence-electron chi connectivity index (χ2n) is 8.84. The molecule has 2 heterocycles. The van der Waals surface area contributed by atoms with E-state index in [9.17, 15) is 9.18 Å². The van der Waals surface area contributed by atoms with E-state index in [4.69, 9.17) is 5.73 Å². The highest BCUT2D eigenvalue weighted by Gasteiger charge is 2.49. The summed E-state index contributed by atoms with van der Waals surface area (Å²) in [5.74, 6) is -0.476. The quantitative estimate of drug-likeness (QED) is 0.642. The molecule has 0 fully saturated rings. The van der Waals surface area contributed by atoms with Gasteiger partial charge in [-0.2, -0.15) is 0 Å². The van der Waals surface area contributed by atoms with E-state index in [0.717, 1.165) is 17.3 Å². The van der Waals surface area contributed by atoms with Gasteiger partial charge in [0, 0.05) is 18.8 Å². The Morgan fingerprint density at radius 1 is 0.968 bits per heavy atom. The van der Waals surface area contributed by atoms with E-state index >= 15 is 0 Å². The smallest absolute Gasteiger partial charge is 0.266 e. The average Bonchev–Trinajstić information content (AvgIpc) is 2.98. The van der Waals surface area contributed by atoms with Crippen molar-refractivity contribution >= 4 is 25.1 Å². The predicted molar refractivity (Wildman–Crippen MR) is 124 cm³/mol. The lowest BCUT2D eigenvalue weighted by Gasteiger charge is -2.27. The van der Waals surface area contributed by atoms with Crippen LogP contribution in [-0.2, 0) is 10.3 Å². The molecule has 5 nitrogen and oxygen atoms in total. The molecule has 1 aromatic heterocycles. The van der Waals surface area contributed by atoms with Crippen LogP contribution < -0.4 is 10.9 Å². The van der Waals surface area contributed by atoms with Crippen LogP contribution in [0.2, 0.25) is 19.6 Å². The Hall–Kier alpha value is -3.32. The van der Waals surface area contributed by atoms with Crippen LogP contribution in [-0.4, -0.2) is 36.9 Å². The van der Waals surface area contributed by atoms with Crippen LogP contribution in [0, 0.1) is 5.82 Å². The summed E-state index contributed by atoms with van der Waals surface area (Å²) in [5, 5.41) is 1.29. The SMILES string of the molecule is CN1C(=O)C(c2ccc([Si](C)(C)C)cc2)(c2cccc(-c3cncc(F)c3)c2)N=C1N. The van der Waals surface area contributed by atoms with Crippen LogP contribution in [0.25, 0.3) is 11.1 Å². The number of rotatable bonds is 4. The zero-order chi connectivity index (χ0) is 22.4. The number of nitrogens with zero attached hydrogens (tertiary/aromatic N) is 3. The van der Waals surface area contributed by atoms with Crippen molar-refractivity contribution in [2.75, 3.05) is 7.05 Å². The van der Waals surface area contributed by atoms with Gasteiger partial charge in [-0.3, -0.25) is 14.7 Å². The van der Waals surface area contributed by atoms with Crippen LogP contribution in [0.15, 0.2) is 72.0 Å². The molecule has 0 aliphatic carbocycles. The topological polar surface area (TPSA) is 71.6 Å². The number of amides is 1. The van der Waals surface area contributed by atoms with Crippen molar-refractivity contribution in [3.63, 3.8) is 0 Å². The number of pyridine rings is 1. The Morgan fingerprint density at radius 2 is 1.68 bits per heavy atom. The number of aromatic nitrogens is 1. The summed E-state index contributed by atoms with van der Waals surface area (Å²) in [6.07, 6.45) is 2.76. The summed E-state index contributed by atoms with van der Waals surface area (Å²) in [5.41, 5.74) is 7.61. The molecule has 0 radical (unpaired) electrons. The van der Waals surface area contributed by atoms with E-state index in [1.807, 2.05) is 36.4 Å². The molecule has 7 heteroatoms. The number of aliphatic imine (C=N–C) groups is 1. The number of hydrogen-bond acceptors (Lipinski definition) is 4. The first-order valence-electron chi connectivity index (χ1n) is 10.1. The highest BCUT2D eigenvalue weighted by Crippen LogP contribution is 2.40. The Labute approximate surface area is 182 Å². The number of guanidine groups is 1. The summed E-state index contributed by atoms with van der Waals surface area (Å²) in [7, 11) is 0.125. The zero-order valence-electron chi connectivity index (χ0n) is 18.1. The third-order valence-electron chi connectivity index (χ3n) is 5.73. The number of likely N-dealkylation sites (N-methyl/N-ethyl adjacent to an activating group) is 1. The van der Waals surface area contributed by atoms with Gasteiger partial charge in [-0.15, -0.1) is 0 Å². The first kappa shape index (κ1) is 20.9. The lowest BCUT2D eigenvalue weighted by atomic mass is 9.82. The van der Waals surface area contributed by atoms with Crippen LogP contribution in [0.1, 0.15) is 11.1 Å². The van der Waals surface area contributed by atoms with Crippen molar-refractivity contribution in [1.29, 1.82) is 0 Å². The van der Waals surface area contributed by atoms with Gasteiger partial charge in [0.25, 0.3) is 5.91 Å². The van der Waals surface area contributed by atoms with Crippen molar-refractivity contribution in [2.24, 2.45) is 10.7 Å². The number of carbonyl (C=O) groups excluding carboxylic acids is 1. The zero-order valence-corrected chi connectivity index (χ0v) is 19.1. The molecule has 3 aromatic rings. The van der Waals surface area contributed by atoms with E-state index in [1.165, 1.54) is 16.2 Å². The molecule has 1 atom stereocenters. The highest BCUT2D eigenvalue weighted by molar-refractivity contribution is 6.88. The second-order valence-corrected chi connectivity index (χ2v) is 13.9. The number of halogens is 1. The Balaban J connectivity index is 1.90. The maximum atomic E-state index is 13.7. The van der Waals surface area contributed by atoms with Crippen molar-refractivity contribution < 1.29 is 9.18 Å². The fourth-order valence-electron chi connectivity index (χ4n) is 3.89. The molecular weight excluding hydrogens is 407 g/mol. The number of nitrogens with two attached hydrogens (primary N) is 1. The molecule has 2 N–H and O–H groups in total. The molecule has 0 saturated carbocycles. The largest absolute Gasteiger partial charge is 0.369 e. The van der Waals surface area contributed by atoms with Gasteiger partial charge in [-0.05, 0) is 28.8 Å². The fraction of sp³-hybridized carbons (Fsp3) is 0.208. The van der Waals surface area contributed by atoms with E-state index in [2.05, 4.69) is 41.8 Å². The molecule has 1 aliphatic heterocycles. The summed E-state index contributed by atoms with van der Waals surface area (Å²) in [4.78, 5) is 23.5. The monoisotopic (exact) mass is 432 g/mol. The maximum absolute atomic E-state index is 13.7. The molecule has 1 amide bonds. The second kappa shape index (κ2) is 7.42.